The van der Waals surface area contributed by atoms with Crippen molar-refractivity contribution in [1.82, 2.24) is 14.4 Å². The van der Waals surface area contributed by atoms with E-state index in [2.05, 4.69) is 41.8 Å². The van der Waals surface area contributed by atoms with Gasteiger partial charge < -0.3 is 9.47 Å². The Balaban J connectivity index is 2.32. The van der Waals surface area contributed by atoms with Crippen molar-refractivity contribution in [2.45, 2.75) is 13.8 Å². The first-order chi connectivity index (χ1) is 11.0. The van der Waals surface area contributed by atoms with Crippen molar-refractivity contribution < 1.29 is 14.3 Å². The molecule has 1 aromatic carbocycles. The van der Waals surface area contributed by atoms with Gasteiger partial charge in [0.1, 0.15) is 0 Å². The largest absolute Gasteiger partial charge is 0.475 e. The molecule has 0 saturated carbocycles. The van der Waals surface area contributed by atoms with Gasteiger partial charge in [-0.05, 0) is 57.8 Å². The number of fused-ring (bicyclic) bond motifs is 3. The number of nitrogens with zero attached hydrogens (tertiary/aromatic N) is 3. The fraction of sp³-hybridized carbons (Fsp3) is 0.267. The molecule has 120 valence electrons. The summed E-state index contributed by atoms with van der Waals surface area (Å²) in [5, 5.41) is 0. The van der Waals surface area contributed by atoms with Crippen LogP contribution >= 0.6 is 31.9 Å². The van der Waals surface area contributed by atoms with Crippen LogP contribution in [0.3, 0.4) is 0 Å². The number of carbonyl (C=O) groups excluding carboxylic acids is 1. The van der Waals surface area contributed by atoms with Gasteiger partial charge in [0.25, 0.3) is 5.88 Å². The van der Waals surface area contributed by atoms with E-state index in [4.69, 9.17) is 9.47 Å². The summed E-state index contributed by atoms with van der Waals surface area (Å²) in [6.07, 6.45) is 1.64. The summed E-state index contributed by atoms with van der Waals surface area (Å²) in [6.45, 7) is 4.37. The Morgan fingerprint density at radius 1 is 1.17 bits per heavy atom. The Hall–Kier alpha value is -1.67. The van der Waals surface area contributed by atoms with Crippen LogP contribution in [0.4, 0.5) is 0 Å². The predicted octanol–water partition coefficient (Wildman–Crippen LogP) is 3.98. The SMILES string of the molecule is CCOC(=O)c1cn2c(n1)c(OCC)nc1cc(Br)c(Br)cc12. The van der Waals surface area contributed by atoms with Crippen molar-refractivity contribution in [2.75, 3.05) is 13.2 Å². The molecule has 0 bridgehead atoms. The molecule has 0 unspecified atom stereocenters. The van der Waals surface area contributed by atoms with Gasteiger partial charge >= 0.3 is 5.97 Å². The third-order valence-corrected chi connectivity index (χ3v) is 5.01. The van der Waals surface area contributed by atoms with Crippen LogP contribution in [0.1, 0.15) is 24.3 Å². The molecular weight excluding hydrogens is 430 g/mol. The highest BCUT2D eigenvalue weighted by molar-refractivity contribution is 9.13. The Morgan fingerprint density at radius 2 is 1.91 bits per heavy atom. The van der Waals surface area contributed by atoms with Gasteiger partial charge in [-0.25, -0.2) is 14.8 Å². The molecule has 0 fully saturated rings. The second kappa shape index (κ2) is 6.45. The Kier molecular flexibility index (Phi) is 4.54. The van der Waals surface area contributed by atoms with Crippen molar-refractivity contribution >= 4 is 54.5 Å². The maximum absolute atomic E-state index is 12.0. The molecule has 0 aliphatic heterocycles. The van der Waals surface area contributed by atoms with Crippen molar-refractivity contribution in [2.24, 2.45) is 0 Å². The van der Waals surface area contributed by atoms with E-state index in [1.54, 1.807) is 17.5 Å². The summed E-state index contributed by atoms with van der Waals surface area (Å²) >= 11 is 6.95. The summed E-state index contributed by atoms with van der Waals surface area (Å²) in [5.41, 5.74) is 2.24. The molecule has 2 aromatic heterocycles. The standard InChI is InChI=1S/C15H13Br2N3O3/c1-3-22-14-13-18-11(15(21)23-4-2)7-20(13)12-6-9(17)8(16)5-10(12)19-14/h5-7H,3-4H2,1-2H3. The molecule has 0 aliphatic rings. The molecule has 3 rings (SSSR count). The van der Waals surface area contributed by atoms with E-state index in [0.717, 1.165) is 20.0 Å². The summed E-state index contributed by atoms with van der Waals surface area (Å²) in [7, 11) is 0. The molecule has 8 heteroatoms. The van der Waals surface area contributed by atoms with Gasteiger partial charge in [-0.15, -0.1) is 0 Å². The van der Waals surface area contributed by atoms with Crippen LogP contribution < -0.4 is 4.74 Å². The van der Waals surface area contributed by atoms with Crippen LogP contribution in [0.2, 0.25) is 0 Å². The second-order valence-corrected chi connectivity index (χ2v) is 6.35. The lowest BCUT2D eigenvalue weighted by atomic mass is 10.3. The highest BCUT2D eigenvalue weighted by atomic mass is 79.9. The van der Waals surface area contributed by atoms with Crippen LogP contribution in [0, 0.1) is 0 Å². The first kappa shape index (κ1) is 16.2. The van der Waals surface area contributed by atoms with Gasteiger partial charge in [0, 0.05) is 15.1 Å². The van der Waals surface area contributed by atoms with Crippen molar-refractivity contribution in [1.29, 1.82) is 0 Å². The molecule has 6 nitrogen and oxygen atoms in total. The number of benzene rings is 1. The minimum absolute atomic E-state index is 0.223. The highest BCUT2D eigenvalue weighted by Crippen LogP contribution is 2.31. The summed E-state index contributed by atoms with van der Waals surface area (Å²) in [5.74, 6) is -0.0900. The minimum atomic E-state index is -0.469. The summed E-state index contributed by atoms with van der Waals surface area (Å²) in [4.78, 5) is 20.8. The number of imidazole rings is 1. The van der Waals surface area contributed by atoms with Crippen molar-refractivity contribution in [3.63, 3.8) is 0 Å². The number of carbonyl (C=O) groups is 1. The van der Waals surface area contributed by atoms with Gasteiger partial charge in [0.2, 0.25) is 5.65 Å². The van der Waals surface area contributed by atoms with E-state index in [-0.39, 0.29) is 5.69 Å². The monoisotopic (exact) mass is 441 g/mol. The number of hydrogen-bond donors (Lipinski definition) is 0. The number of rotatable bonds is 4. The second-order valence-electron chi connectivity index (χ2n) is 4.65. The van der Waals surface area contributed by atoms with Gasteiger partial charge in [0.15, 0.2) is 5.69 Å². The molecule has 0 aliphatic carbocycles. The fourth-order valence-corrected chi connectivity index (χ4v) is 2.88. The Morgan fingerprint density at radius 3 is 2.61 bits per heavy atom. The number of ether oxygens (including phenoxy) is 2. The van der Waals surface area contributed by atoms with Gasteiger partial charge in [-0.1, -0.05) is 0 Å². The number of halogens is 2. The third-order valence-electron chi connectivity index (χ3n) is 3.16. The van der Waals surface area contributed by atoms with Crippen LogP contribution in [-0.2, 0) is 4.74 Å². The highest BCUT2D eigenvalue weighted by Gasteiger charge is 2.18. The van der Waals surface area contributed by atoms with Crippen LogP contribution in [0.15, 0.2) is 27.3 Å². The van der Waals surface area contributed by atoms with Crippen molar-refractivity contribution in [3.05, 3.63) is 33.0 Å². The van der Waals surface area contributed by atoms with E-state index in [1.807, 2.05) is 19.1 Å². The van der Waals surface area contributed by atoms with E-state index >= 15 is 0 Å². The normalized spacial score (nSPS) is 11.1. The predicted molar refractivity (Wildman–Crippen MR) is 93.0 cm³/mol. The first-order valence-electron chi connectivity index (χ1n) is 7.03. The average molecular weight is 443 g/mol. The molecule has 2 heterocycles. The first-order valence-corrected chi connectivity index (χ1v) is 8.61. The van der Waals surface area contributed by atoms with Crippen LogP contribution in [0.25, 0.3) is 16.7 Å². The topological polar surface area (TPSA) is 65.7 Å². The smallest absolute Gasteiger partial charge is 0.358 e. The fourth-order valence-electron chi connectivity index (χ4n) is 2.22. The van der Waals surface area contributed by atoms with Crippen LogP contribution in [0.5, 0.6) is 5.88 Å². The molecule has 23 heavy (non-hydrogen) atoms. The van der Waals surface area contributed by atoms with E-state index in [0.29, 0.717) is 24.7 Å². The van der Waals surface area contributed by atoms with E-state index in [1.165, 1.54) is 0 Å². The summed E-state index contributed by atoms with van der Waals surface area (Å²) in [6, 6.07) is 3.79. The molecule has 0 radical (unpaired) electrons. The Bertz CT molecular complexity index is 908. The zero-order chi connectivity index (χ0) is 16.6. The molecule has 0 spiro atoms. The van der Waals surface area contributed by atoms with E-state index < -0.39 is 5.97 Å². The third kappa shape index (κ3) is 2.92. The lowest BCUT2D eigenvalue weighted by molar-refractivity contribution is 0.0520. The molecule has 0 N–H and O–H groups in total. The number of esters is 1. The quantitative estimate of drug-likeness (QED) is 0.571. The Labute approximate surface area is 149 Å². The lowest BCUT2D eigenvalue weighted by Crippen LogP contribution is -2.04. The number of hydrogen-bond acceptors (Lipinski definition) is 5. The zero-order valence-corrected chi connectivity index (χ0v) is 15.6. The summed E-state index contributed by atoms with van der Waals surface area (Å²) < 4.78 is 14.1. The maximum atomic E-state index is 12.0. The van der Waals surface area contributed by atoms with E-state index in [9.17, 15) is 4.79 Å². The molecule has 0 atom stereocenters. The van der Waals surface area contributed by atoms with Crippen LogP contribution in [-0.4, -0.2) is 33.6 Å². The molecule has 0 saturated heterocycles. The average Bonchev–Trinajstić information content (AvgIpc) is 2.96. The van der Waals surface area contributed by atoms with Gasteiger partial charge in [-0.2, -0.15) is 0 Å². The zero-order valence-electron chi connectivity index (χ0n) is 12.5. The van der Waals surface area contributed by atoms with Gasteiger partial charge in [-0.3, -0.25) is 4.40 Å². The van der Waals surface area contributed by atoms with Crippen molar-refractivity contribution in [3.8, 4) is 5.88 Å². The lowest BCUT2D eigenvalue weighted by Gasteiger charge is -2.08. The molecule has 3 aromatic rings. The number of aromatic nitrogens is 3. The molecular formula is C15H13Br2N3O3. The van der Waals surface area contributed by atoms with Gasteiger partial charge in [0.05, 0.1) is 24.2 Å². The molecule has 0 amide bonds. The minimum Gasteiger partial charge on any atom is -0.475 e. The maximum Gasteiger partial charge on any atom is 0.358 e.